The predicted octanol–water partition coefficient (Wildman–Crippen LogP) is 3.33. The van der Waals surface area contributed by atoms with Crippen molar-refractivity contribution in [3.8, 4) is 5.75 Å². The normalized spacial score (nSPS) is 10.7. The molecule has 0 spiro atoms. The Bertz CT molecular complexity index is 836. The third-order valence-corrected chi connectivity index (χ3v) is 3.95. The van der Waals surface area contributed by atoms with Gasteiger partial charge < -0.3 is 15.0 Å². The molecule has 3 aromatic rings. The van der Waals surface area contributed by atoms with Crippen molar-refractivity contribution in [3.05, 3.63) is 72.3 Å². The molecule has 0 bridgehead atoms. The van der Waals surface area contributed by atoms with Crippen LogP contribution in [0.3, 0.4) is 0 Å². The van der Waals surface area contributed by atoms with Crippen molar-refractivity contribution in [3.63, 3.8) is 0 Å². The highest BCUT2D eigenvalue weighted by Gasteiger charge is 2.12. The summed E-state index contributed by atoms with van der Waals surface area (Å²) in [6.45, 7) is 4.49. The minimum absolute atomic E-state index is 0.131. The van der Waals surface area contributed by atoms with Crippen LogP contribution in [0.5, 0.6) is 5.75 Å². The summed E-state index contributed by atoms with van der Waals surface area (Å²) in [6, 6.07) is 13.5. The van der Waals surface area contributed by atoms with E-state index in [9.17, 15) is 4.79 Å². The fraction of sp³-hybridized carbons (Fsp3) is 0.158. The fourth-order valence-electron chi connectivity index (χ4n) is 2.71. The Morgan fingerprint density at radius 1 is 1.22 bits per heavy atom. The van der Waals surface area contributed by atoms with Gasteiger partial charge in [0.05, 0.1) is 7.11 Å². The summed E-state index contributed by atoms with van der Waals surface area (Å²) in [5, 5.41) is 4.14. The SMILES string of the molecule is [CH2]c1c(OC)cccc1C(=O)NCCc1c[nH]c2ccccc12. The van der Waals surface area contributed by atoms with Gasteiger partial charge in [-0.1, -0.05) is 24.3 Å². The number of carbonyl (C=O) groups is 1. The molecule has 0 atom stereocenters. The van der Waals surface area contributed by atoms with Crippen molar-refractivity contribution in [1.82, 2.24) is 10.3 Å². The van der Waals surface area contributed by atoms with E-state index in [0.717, 1.165) is 11.9 Å². The molecule has 0 aliphatic carbocycles. The van der Waals surface area contributed by atoms with Gasteiger partial charge in [-0.25, -0.2) is 0 Å². The number of nitrogens with one attached hydrogen (secondary N) is 2. The van der Waals surface area contributed by atoms with Gasteiger partial charge in [0.2, 0.25) is 0 Å². The first kappa shape index (κ1) is 15.2. The van der Waals surface area contributed by atoms with E-state index in [1.165, 1.54) is 10.9 Å². The second-order valence-electron chi connectivity index (χ2n) is 5.35. The molecule has 0 saturated carbocycles. The summed E-state index contributed by atoms with van der Waals surface area (Å²) in [6.07, 6.45) is 2.77. The van der Waals surface area contributed by atoms with Crippen LogP contribution in [0, 0.1) is 6.92 Å². The zero-order valence-electron chi connectivity index (χ0n) is 13.1. The van der Waals surface area contributed by atoms with E-state index in [0.29, 0.717) is 23.4 Å². The Morgan fingerprint density at radius 3 is 2.87 bits per heavy atom. The molecule has 1 aromatic heterocycles. The minimum atomic E-state index is -0.131. The molecule has 2 N–H and O–H groups in total. The van der Waals surface area contributed by atoms with Gasteiger partial charge >= 0.3 is 0 Å². The quantitative estimate of drug-likeness (QED) is 0.759. The van der Waals surface area contributed by atoms with Gasteiger partial charge in [0.25, 0.3) is 5.91 Å². The van der Waals surface area contributed by atoms with E-state index in [1.54, 1.807) is 25.3 Å². The molecule has 117 valence electrons. The number of H-pyrrole nitrogens is 1. The molecule has 4 heteroatoms. The van der Waals surface area contributed by atoms with Crippen LogP contribution < -0.4 is 10.1 Å². The number of para-hydroxylation sites is 1. The largest absolute Gasteiger partial charge is 0.496 e. The number of rotatable bonds is 5. The van der Waals surface area contributed by atoms with Gasteiger partial charge in [0.1, 0.15) is 5.75 Å². The van der Waals surface area contributed by atoms with Crippen molar-refractivity contribution in [2.45, 2.75) is 6.42 Å². The molecule has 1 amide bonds. The molecule has 2 aromatic carbocycles. The first-order valence-electron chi connectivity index (χ1n) is 7.53. The van der Waals surface area contributed by atoms with E-state index in [1.807, 2.05) is 24.4 Å². The maximum atomic E-state index is 12.3. The van der Waals surface area contributed by atoms with Crippen LogP contribution in [0.2, 0.25) is 0 Å². The molecular formula is C19H19N2O2. The topological polar surface area (TPSA) is 54.1 Å². The van der Waals surface area contributed by atoms with Gasteiger partial charge in [-0.05, 0) is 37.1 Å². The number of fused-ring (bicyclic) bond motifs is 1. The first-order chi connectivity index (χ1) is 11.2. The van der Waals surface area contributed by atoms with E-state index < -0.39 is 0 Å². The Hall–Kier alpha value is -2.75. The van der Waals surface area contributed by atoms with Crippen molar-refractivity contribution in [2.75, 3.05) is 13.7 Å². The Labute approximate surface area is 135 Å². The van der Waals surface area contributed by atoms with Crippen LogP contribution in [0.4, 0.5) is 0 Å². The third-order valence-electron chi connectivity index (χ3n) is 3.95. The summed E-state index contributed by atoms with van der Waals surface area (Å²) in [4.78, 5) is 15.6. The third kappa shape index (κ3) is 3.06. The molecule has 0 aliphatic rings. The lowest BCUT2D eigenvalue weighted by Gasteiger charge is -2.10. The maximum Gasteiger partial charge on any atom is 0.251 e. The molecule has 3 rings (SSSR count). The van der Waals surface area contributed by atoms with E-state index >= 15 is 0 Å². The predicted molar refractivity (Wildman–Crippen MR) is 91.8 cm³/mol. The molecular weight excluding hydrogens is 288 g/mol. The van der Waals surface area contributed by atoms with E-state index in [-0.39, 0.29) is 5.91 Å². The second-order valence-corrected chi connectivity index (χ2v) is 5.35. The second kappa shape index (κ2) is 6.57. The van der Waals surface area contributed by atoms with Crippen LogP contribution >= 0.6 is 0 Å². The fourth-order valence-corrected chi connectivity index (χ4v) is 2.71. The average molecular weight is 307 g/mol. The lowest BCUT2D eigenvalue weighted by Crippen LogP contribution is -2.26. The van der Waals surface area contributed by atoms with Crippen LogP contribution in [-0.2, 0) is 6.42 Å². The van der Waals surface area contributed by atoms with Crippen LogP contribution in [0.1, 0.15) is 21.5 Å². The zero-order chi connectivity index (χ0) is 16.2. The van der Waals surface area contributed by atoms with Gasteiger partial charge in [-0.15, -0.1) is 0 Å². The lowest BCUT2D eigenvalue weighted by molar-refractivity contribution is 0.0953. The van der Waals surface area contributed by atoms with Crippen LogP contribution in [0.15, 0.2) is 48.7 Å². The Balaban J connectivity index is 1.66. The maximum absolute atomic E-state index is 12.3. The molecule has 0 saturated heterocycles. The van der Waals surface area contributed by atoms with Crippen molar-refractivity contribution in [2.24, 2.45) is 0 Å². The van der Waals surface area contributed by atoms with Crippen molar-refractivity contribution in [1.29, 1.82) is 0 Å². The Kier molecular flexibility index (Phi) is 4.33. The molecule has 23 heavy (non-hydrogen) atoms. The molecule has 1 radical (unpaired) electrons. The highest BCUT2D eigenvalue weighted by molar-refractivity contribution is 5.96. The molecule has 1 heterocycles. The van der Waals surface area contributed by atoms with Gasteiger partial charge in [-0.3, -0.25) is 4.79 Å². The highest BCUT2D eigenvalue weighted by atomic mass is 16.5. The smallest absolute Gasteiger partial charge is 0.251 e. The molecule has 0 fully saturated rings. The highest BCUT2D eigenvalue weighted by Crippen LogP contribution is 2.21. The lowest BCUT2D eigenvalue weighted by atomic mass is 10.1. The van der Waals surface area contributed by atoms with Gasteiger partial charge in [-0.2, -0.15) is 0 Å². The monoisotopic (exact) mass is 307 g/mol. The standard InChI is InChI=1S/C19H19N2O2/c1-13-15(7-5-9-18(13)23-2)19(22)20-11-10-14-12-21-17-8-4-3-6-16(14)17/h3-9,12,21H,1,10-11H2,2H3,(H,20,22). The molecule has 0 unspecified atom stereocenters. The van der Waals surface area contributed by atoms with Crippen LogP contribution in [0.25, 0.3) is 10.9 Å². The Morgan fingerprint density at radius 2 is 2.04 bits per heavy atom. The summed E-state index contributed by atoms with van der Waals surface area (Å²) < 4.78 is 5.20. The van der Waals surface area contributed by atoms with E-state index in [2.05, 4.69) is 23.3 Å². The minimum Gasteiger partial charge on any atom is -0.496 e. The van der Waals surface area contributed by atoms with Crippen LogP contribution in [-0.4, -0.2) is 24.5 Å². The molecule has 0 aliphatic heterocycles. The number of carbonyl (C=O) groups excluding carboxylic acids is 1. The van der Waals surface area contributed by atoms with Crippen molar-refractivity contribution < 1.29 is 9.53 Å². The summed E-state index contributed by atoms with van der Waals surface area (Å²) in [7, 11) is 1.57. The van der Waals surface area contributed by atoms with Gasteiger partial charge in [0.15, 0.2) is 0 Å². The number of aromatic amines is 1. The number of amides is 1. The number of benzene rings is 2. The van der Waals surface area contributed by atoms with Crippen molar-refractivity contribution >= 4 is 16.8 Å². The summed E-state index contributed by atoms with van der Waals surface area (Å²) in [5.41, 5.74) is 3.46. The number of ether oxygens (including phenoxy) is 1. The number of hydrogen-bond acceptors (Lipinski definition) is 2. The number of aromatic nitrogens is 1. The zero-order valence-corrected chi connectivity index (χ0v) is 13.1. The number of methoxy groups -OCH3 is 1. The van der Waals surface area contributed by atoms with Gasteiger partial charge in [0, 0.05) is 34.8 Å². The average Bonchev–Trinajstić information content (AvgIpc) is 2.98. The summed E-state index contributed by atoms with van der Waals surface area (Å²) >= 11 is 0. The van der Waals surface area contributed by atoms with E-state index in [4.69, 9.17) is 4.74 Å². The molecule has 4 nitrogen and oxygen atoms in total. The summed E-state index contributed by atoms with van der Waals surface area (Å²) in [5.74, 6) is 0.489. The number of hydrogen-bond donors (Lipinski definition) is 2. The first-order valence-corrected chi connectivity index (χ1v) is 7.53.